The summed E-state index contributed by atoms with van der Waals surface area (Å²) in [6.45, 7) is 3.82. The Kier molecular flexibility index (Phi) is 3.37. The minimum Gasteiger partial charge on any atom is -0.493 e. The van der Waals surface area contributed by atoms with Crippen LogP contribution in [0, 0.1) is 5.92 Å². The molecule has 0 aliphatic carbocycles. The van der Waals surface area contributed by atoms with E-state index in [1.807, 2.05) is 6.07 Å². The first kappa shape index (κ1) is 12.8. The fourth-order valence-electron chi connectivity index (χ4n) is 3.23. The van der Waals surface area contributed by atoms with Gasteiger partial charge in [-0.05, 0) is 43.1 Å². The van der Waals surface area contributed by atoms with Crippen molar-refractivity contribution in [3.8, 4) is 11.5 Å². The second-order valence-corrected chi connectivity index (χ2v) is 5.41. The van der Waals surface area contributed by atoms with Crippen molar-refractivity contribution in [2.75, 3.05) is 40.5 Å². The first-order chi connectivity index (χ1) is 9.30. The van der Waals surface area contributed by atoms with Gasteiger partial charge in [-0.3, -0.25) is 0 Å². The molecule has 1 aromatic rings. The van der Waals surface area contributed by atoms with Crippen LogP contribution in [0.3, 0.4) is 0 Å². The lowest BCUT2D eigenvalue weighted by Crippen LogP contribution is -2.53. The molecule has 4 nitrogen and oxygen atoms in total. The van der Waals surface area contributed by atoms with Gasteiger partial charge in [-0.25, -0.2) is 0 Å². The molecule has 0 radical (unpaired) electrons. The Labute approximate surface area is 114 Å². The quantitative estimate of drug-likeness (QED) is 0.895. The van der Waals surface area contributed by atoms with Crippen LogP contribution in [0.25, 0.3) is 0 Å². The first-order valence-electron chi connectivity index (χ1n) is 6.81. The number of methoxy groups -OCH3 is 2. The van der Waals surface area contributed by atoms with E-state index >= 15 is 0 Å². The maximum absolute atomic E-state index is 5.54. The summed E-state index contributed by atoms with van der Waals surface area (Å²) in [7, 11) is 3.35. The number of hydrogen-bond donors (Lipinski definition) is 1. The Morgan fingerprint density at radius 1 is 1.21 bits per heavy atom. The van der Waals surface area contributed by atoms with Gasteiger partial charge >= 0.3 is 0 Å². The summed E-state index contributed by atoms with van der Waals surface area (Å²) in [5, 5.41) is 3.46. The molecule has 1 N–H and O–H groups in total. The van der Waals surface area contributed by atoms with Crippen molar-refractivity contribution in [1.82, 2.24) is 5.32 Å². The lowest BCUT2D eigenvalue weighted by Gasteiger charge is -2.46. The molecule has 2 aliphatic heterocycles. The minimum atomic E-state index is 0.156. The van der Waals surface area contributed by atoms with Gasteiger partial charge in [0.05, 0.1) is 27.4 Å². The monoisotopic (exact) mass is 263 g/mol. The number of nitrogens with one attached hydrogen (secondary N) is 1. The topological polar surface area (TPSA) is 39.7 Å². The van der Waals surface area contributed by atoms with E-state index in [9.17, 15) is 0 Å². The van der Waals surface area contributed by atoms with E-state index in [0.717, 1.165) is 37.8 Å². The zero-order chi connectivity index (χ0) is 13.3. The normalized spacial score (nSPS) is 24.8. The van der Waals surface area contributed by atoms with E-state index in [-0.39, 0.29) is 5.41 Å². The third kappa shape index (κ3) is 1.99. The molecule has 1 unspecified atom stereocenters. The van der Waals surface area contributed by atoms with Crippen LogP contribution in [0.2, 0.25) is 0 Å². The van der Waals surface area contributed by atoms with E-state index in [2.05, 4.69) is 17.4 Å². The predicted molar refractivity (Wildman–Crippen MR) is 73.0 cm³/mol. The molecule has 2 heterocycles. The maximum Gasteiger partial charge on any atom is 0.161 e. The van der Waals surface area contributed by atoms with Crippen molar-refractivity contribution in [2.24, 2.45) is 5.92 Å². The minimum absolute atomic E-state index is 0.156. The van der Waals surface area contributed by atoms with Gasteiger partial charge in [0.25, 0.3) is 0 Å². The molecule has 2 fully saturated rings. The van der Waals surface area contributed by atoms with Crippen molar-refractivity contribution in [3.63, 3.8) is 0 Å². The van der Waals surface area contributed by atoms with Gasteiger partial charge in [-0.15, -0.1) is 0 Å². The number of hydrogen-bond acceptors (Lipinski definition) is 4. The highest BCUT2D eigenvalue weighted by Gasteiger charge is 2.48. The van der Waals surface area contributed by atoms with Crippen LogP contribution in [-0.2, 0) is 10.2 Å². The second-order valence-electron chi connectivity index (χ2n) is 5.41. The Morgan fingerprint density at radius 2 is 2.00 bits per heavy atom. The van der Waals surface area contributed by atoms with Crippen molar-refractivity contribution in [3.05, 3.63) is 23.8 Å². The molecule has 1 aromatic carbocycles. The molecule has 104 valence electrons. The second kappa shape index (κ2) is 5.02. The van der Waals surface area contributed by atoms with Gasteiger partial charge in [-0.1, -0.05) is 6.07 Å². The third-order valence-corrected chi connectivity index (χ3v) is 4.52. The molecule has 2 aliphatic rings. The Balaban J connectivity index is 1.95. The van der Waals surface area contributed by atoms with E-state index in [4.69, 9.17) is 14.2 Å². The molecular weight excluding hydrogens is 242 g/mol. The van der Waals surface area contributed by atoms with E-state index < -0.39 is 0 Å². The summed E-state index contributed by atoms with van der Waals surface area (Å²) in [4.78, 5) is 0. The smallest absolute Gasteiger partial charge is 0.161 e. The molecule has 19 heavy (non-hydrogen) atoms. The van der Waals surface area contributed by atoms with Crippen LogP contribution >= 0.6 is 0 Å². The third-order valence-electron chi connectivity index (χ3n) is 4.52. The van der Waals surface area contributed by atoms with Crippen LogP contribution in [-0.4, -0.2) is 40.5 Å². The molecule has 0 saturated carbocycles. The highest BCUT2D eigenvalue weighted by atomic mass is 16.5. The van der Waals surface area contributed by atoms with Crippen LogP contribution < -0.4 is 14.8 Å². The SMILES string of the molecule is COc1ccc(C2(C3CCNC3)COC2)cc1OC. The average Bonchev–Trinajstić information content (AvgIpc) is 2.91. The van der Waals surface area contributed by atoms with Crippen LogP contribution in [0.1, 0.15) is 12.0 Å². The Hall–Kier alpha value is -1.26. The summed E-state index contributed by atoms with van der Waals surface area (Å²) in [5.41, 5.74) is 1.47. The summed E-state index contributed by atoms with van der Waals surface area (Å²) in [5.74, 6) is 2.24. The van der Waals surface area contributed by atoms with Crippen molar-refractivity contribution >= 4 is 0 Å². The number of rotatable bonds is 4. The van der Waals surface area contributed by atoms with E-state index in [1.165, 1.54) is 12.0 Å². The average molecular weight is 263 g/mol. The first-order valence-corrected chi connectivity index (χ1v) is 6.81. The fraction of sp³-hybridized carbons (Fsp3) is 0.600. The largest absolute Gasteiger partial charge is 0.493 e. The molecule has 3 rings (SSSR count). The summed E-state index contributed by atoms with van der Waals surface area (Å²) in [6.07, 6.45) is 1.22. The molecular formula is C15H21NO3. The number of benzene rings is 1. The van der Waals surface area contributed by atoms with E-state index in [1.54, 1.807) is 14.2 Å². The van der Waals surface area contributed by atoms with Crippen LogP contribution in [0.4, 0.5) is 0 Å². The highest BCUT2D eigenvalue weighted by molar-refractivity contribution is 5.46. The molecule has 0 spiro atoms. The van der Waals surface area contributed by atoms with Crippen molar-refractivity contribution in [1.29, 1.82) is 0 Å². The molecule has 0 amide bonds. The Morgan fingerprint density at radius 3 is 2.53 bits per heavy atom. The summed E-state index contributed by atoms with van der Waals surface area (Å²) < 4.78 is 16.3. The van der Waals surface area contributed by atoms with Gasteiger partial charge in [0.1, 0.15) is 0 Å². The van der Waals surface area contributed by atoms with Crippen molar-refractivity contribution < 1.29 is 14.2 Å². The molecule has 1 atom stereocenters. The summed E-state index contributed by atoms with van der Waals surface area (Å²) >= 11 is 0. The fourth-order valence-corrected chi connectivity index (χ4v) is 3.23. The summed E-state index contributed by atoms with van der Waals surface area (Å²) in [6, 6.07) is 6.26. The van der Waals surface area contributed by atoms with Crippen LogP contribution in [0.15, 0.2) is 18.2 Å². The lowest BCUT2D eigenvalue weighted by atomic mass is 9.68. The van der Waals surface area contributed by atoms with Gasteiger partial charge in [-0.2, -0.15) is 0 Å². The van der Waals surface area contributed by atoms with Gasteiger partial charge in [0.15, 0.2) is 11.5 Å². The predicted octanol–water partition coefficient (Wildman–Crippen LogP) is 1.58. The highest BCUT2D eigenvalue weighted by Crippen LogP contribution is 2.44. The zero-order valence-electron chi connectivity index (χ0n) is 11.6. The van der Waals surface area contributed by atoms with Gasteiger partial charge in [0.2, 0.25) is 0 Å². The van der Waals surface area contributed by atoms with Crippen molar-refractivity contribution in [2.45, 2.75) is 11.8 Å². The van der Waals surface area contributed by atoms with Gasteiger partial charge in [0, 0.05) is 5.41 Å². The number of ether oxygens (including phenoxy) is 3. The van der Waals surface area contributed by atoms with Crippen LogP contribution in [0.5, 0.6) is 11.5 Å². The molecule has 2 saturated heterocycles. The van der Waals surface area contributed by atoms with E-state index in [0.29, 0.717) is 5.92 Å². The lowest BCUT2D eigenvalue weighted by molar-refractivity contribution is -0.0870. The zero-order valence-corrected chi connectivity index (χ0v) is 11.6. The standard InChI is InChI=1S/C15H21NO3/c1-17-13-4-3-11(7-14(13)18-2)15(9-19-10-15)12-5-6-16-8-12/h3-4,7,12,16H,5-6,8-10H2,1-2H3. The Bertz CT molecular complexity index is 451. The molecule has 0 aromatic heterocycles. The maximum atomic E-state index is 5.54. The molecule has 0 bridgehead atoms. The van der Waals surface area contributed by atoms with Gasteiger partial charge < -0.3 is 19.5 Å². The molecule has 4 heteroatoms.